The van der Waals surface area contributed by atoms with Crippen LogP contribution in [-0.2, 0) is 9.31 Å². The number of rotatable bonds is 2. The van der Waals surface area contributed by atoms with Gasteiger partial charge >= 0.3 is 16.1 Å². The van der Waals surface area contributed by atoms with Gasteiger partial charge in [-0.3, -0.25) is 0 Å². The molecule has 0 aliphatic carbocycles. The standard InChI is InChI=1S/C28H16B2Cl2N4O2/c29-37-27-22-14-20(32)10-12-26(22)34-16-18-6-2-4-8-24(18)36-28(38-30)21-13-19(31)9-11-25(21)33-15-17-5-1-3-7-23(17)35-27/h1-16H/p+2/b17-15+,18-16?,27-22+,28-21?,33-15?,33-25?,34-16?,34-26?,35-23-,35-27?,36-24+,36-28?. The summed E-state index contributed by atoms with van der Waals surface area (Å²) in [6, 6.07) is 25.6. The molecule has 5 rings (SSSR count). The zero-order chi connectivity index (χ0) is 26.5. The van der Waals surface area contributed by atoms with Crippen molar-refractivity contribution >= 4 is 63.5 Å². The molecule has 0 amide bonds. The van der Waals surface area contributed by atoms with E-state index in [1.54, 1.807) is 36.7 Å². The van der Waals surface area contributed by atoms with Crippen molar-refractivity contribution in [3.63, 3.8) is 0 Å². The Morgan fingerprint density at radius 3 is 1.42 bits per heavy atom. The van der Waals surface area contributed by atoms with Crippen molar-refractivity contribution in [2.45, 2.75) is 0 Å². The molecule has 4 radical (unpaired) electrons. The van der Waals surface area contributed by atoms with E-state index >= 15 is 0 Å². The van der Waals surface area contributed by atoms with Crippen LogP contribution in [0.4, 0.5) is 0 Å². The van der Waals surface area contributed by atoms with E-state index < -0.39 is 0 Å². The van der Waals surface area contributed by atoms with Crippen LogP contribution in [-0.4, -0.2) is 16.1 Å². The van der Waals surface area contributed by atoms with E-state index in [-0.39, 0.29) is 11.8 Å². The summed E-state index contributed by atoms with van der Waals surface area (Å²) < 4.78 is 10.5. The molecular formula is C28H18B2Cl2N4O2+2. The highest BCUT2D eigenvalue weighted by Gasteiger charge is 2.06. The zero-order valence-electron chi connectivity index (χ0n) is 19.9. The molecule has 38 heavy (non-hydrogen) atoms. The Morgan fingerprint density at radius 2 is 1.00 bits per heavy atom. The summed E-state index contributed by atoms with van der Waals surface area (Å²) in [5.41, 5.74) is 0. The largest absolute Gasteiger partial charge is 0.554 e. The van der Waals surface area contributed by atoms with E-state index in [1.165, 1.54) is 0 Å². The minimum absolute atomic E-state index is 0.175. The number of para-hydroxylation sites is 2. The molecule has 0 aromatic heterocycles. The Kier molecular flexibility index (Phi) is 7.73. The molecule has 0 saturated heterocycles. The fourth-order valence-corrected chi connectivity index (χ4v) is 4.24. The molecule has 1 aliphatic heterocycles. The average molecular weight is 535 g/mol. The molecule has 0 unspecified atom stereocenters. The second-order valence-electron chi connectivity index (χ2n) is 8.14. The maximum absolute atomic E-state index is 6.33. The lowest BCUT2D eigenvalue weighted by Crippen LogP contribution is -2.75. The van der Waals surface area contributed by atoms with Crippen LogP contribution in [0.3, 0.4) is 0 Å². The van der Waals surface area contributed by atoms with Crippen molar-refractivity contribution in [1.82, 2.24) is 0 Å². The van der Waals surface area contributed by atoms with Gasteiger partial charge in [-0.25, -0.2) is 20.0 Å². The van der Waals surface area contributed by atoms with Crippen LogP contribution in [0.5, 0.6) is 0 Å². The first kappa shape index (κ1) is 25.5. The molecule has 4 aromatic carbocycles. The maximum atomic E-state index is 6.33. The van der Waals surface area contributed by atoms with Gasteiger partial charge in [0.15, 0.2) is 12.4 Å². The second kappa shape index (κ2) is 11.5. The molecule has 0 saturated carbocycles. The van der Waals surface area contributed by atoms with Crippen LogP contribution < -0.4 is 52.3 Å². The van der Waals surface area contributed by atoms with E-state index in [4.69, 9.17) is 58.6 Å². The monoisotopic (exact) mass is 534 g/mol. The Bertz CT molecular complexity index is 1900. The first-order chi connectivity index (χ1) is 18.6. The van der Waals surface area contributed by atoms with E-state index in [9.17, 15) is 0 Å². The number of halogens is 2. The highest BCUT2D eigenvalue weighted by atomic mass is 35.5. The van der Waals surface area contributed by atoms with Crippen LogP contribution in [0.2, 0.25) is 10.0 Å². The SMILES string of the molecule is [B]OC1=c2cc(Cl)ccc2=[NH+]\C=c2/cccc/c2=N/C(O[B])=c2/cc(Cl)ccc2=[NH+]C=c2cccc/c2=N\1. The van der Waals surface area contributed by atoms with Crippen molar-refractivity contribution in [1.29, 1.82) is 0 Å². The van der Waals surface area contributed by atoms with Gasteiger partial charge in [0.1, 0.15) is 10.4 Å². The van der Waals surface area contributed by atoms with Crippen LogP contribution >= 0.6 is 23.2 Å². The minimum atomic E-state index is 0.175. The highest BCUT2D eigenvalue weighted by molar-refractivity contribution is 6.30. The van der Waals surface area contributed by atoms with Crippen molar-refractivity contribution in [3.8, 4) is 0 Å². The van der Waals surface area contributed by atoms with Gasteiger partial charge in [-0.05, 0) is 48.5 Å². The Morgan fingerprint density at radius 1 is 0.579 bits per heavy atom. The lowest BCUT2D eigenvalue weighted by atomic mass is 10.2. The van der Waals surface area contributed by atoms with Gasteiger partial charge in [0.25, 0.3) is 0 Å². The summed E-state index contributed by atoms with van der Waals surface area (Å²) in [6.07, 6.45) is 3.58. The third-order valence-corrected chi connectivity index (χ3v) is 6.20. The molecular weight excluding hydrogens is 517 g/mol. The van der Waals surface area contributed by atoms with Crippen molar-refractivity contribution < 1.29 is 19.3 Å². The molecule has 1 heterocycles. The molecule has 0 atom stereocenters. The third kappa shape index (κ3) is 5.57. The average Bonchev–Trinajstić information content (AvgIpc) is 2.94. The summed E-state index contributed by atoms with van der Waals surface area (Å²) in [5.74, 6) is 0.349. The smallest absolute Gasteiger partial charge is 0.376 e. The number of benzene rings is 4. The zero-order valence-corrected chi connectivity index (χ0v) is 21.4. The summed E-state index contributed by atoms with van der Waals surface area (Å²) in [7, 11) is 11.4. The summed E-state index contributed by atoms with van der Waals surface area (Å²) >= 11 is 12.7. The van der Waals surface area contributed by atoms with Gasteiger partial charge in [-0.1, -0.05) is 47.5 Å². The van der Waals surface area contributed by atoms with E-state index in [1.807, 2.05) is 60.7 Å². The normalized spacial score (nSPS) is 16.9. The minimum Gasteiger partial charge on any atom is -0.554 e. The van der Waals surface area contributed by atoms with Crippen molar-refractivity contribution in [2.75, 3.05) is 0 Å². The highest BCUT2D eigenvalue weighted by Crippen LogP contribution is 2.02. The Balaban J connectivity index is 2.05. The fourth-order valence-electron chi connectivity index (χ4n) is 3.89. The lowest BCUT2D eigenvalue weighted by Gasteiger charge is -2.01. The Hall–Kier alpha value is -4.13. The molecule has 0 spiro atoms. The van der Waals surface area contributed by atoms with Crippen LogP contribution in [0.25, 0.3) is 24.2 Å². The predicted molar refractivity (Wildman–Crippen MR) is 145 cm³/mol. The van der Waals surface area contributed by atoms with Crippen molar-refractivity contribution in [3.05, 3.63) is 137 Å². The number of nitrogens with one attached hydrogen (secondary N) is 2. The van der Waals surface area contributed by atoms with Gasteiger partial charge < -0.3 is 9.31 Å². The topological polar surface area (TPSA) is 71.1 Å². The van der Waals surface area contributed by atoms with Crippen LogP contribution in [0.15, 0.2) is 94.9 Å². The first-order valence-corrected chi connectivity index (χ1v) is 12.2. The molecule has 180 valence electrons. The molecule has 1 aliphatic rings. The van der Waals surface area contributed by atoms with Crippen LogP contribution in [0.1, 0.15) is 0 Å². The quantitative estimate of drug-likeness (QED) is 0.263. The molecule has 0 fully saturated rings. The fraction of sp³-hybridized carbons (Fsp3) is 0. The van der Waals surface area contributed by atoms with E-state index in [0.717, 1.165) is 10.4 Å². The predicted octanol–water partition coefficient (Wildman–Crippen LogP) is -3.45. The van der Waals surface area contributed by atoms with Gasteiger partial charge in [0, 0.05) is 22.2 Å². The second-order valence-corrected chi connectivity index (χ2v) is 9.02. The van der Waals surface area contributed by atoms with Gasteiger partial charge in [0.05, 0.1) is 21.2 Å². The number of hydrogen-bond donors (Lipinski definition) is 2. The molecule has 2 N–H and O–H groups in total. The Labute approximate surface area is 229 Å². The van der Waals surface area contributed by atoms with Crippen molar-refractivity contribution in [2.24, 2.45) is 9.98 Å². The first-order valence-electron chi connectivity index (χ1n) is 11.4. The maximum Gasteiger partial charge on any atom is 0.376 e. The lowest BCUT2D eigenvalue weighted by molar-refractivity contribution is -0.381. The number of nitrogens with zero attached hydrogens (tertiary/aromatic N) is 2. The number of hydrogen-bond acceptors (Lipinski definition) is 4. The third-order valence-electron chi connectivity index (χ3n) is 5.73. The molecule has 0 bridgehead atoms. The van der Waals surface area contributed by atoms with Gasteiger partial charge in [-0.2, -0.15) is 0 Å². The molecule has 6 nitrogen and oxygen atoms in total. The molecule has 10 heteroatoms. The van der Waals surface area contributed by atoms with E-state index in [2.05, 4.69) is 9.98 Å². The van der Waals surface area contributed by atoms with Gasteiger partial charge in [0.2, 0.25) is 22.5 Å². The summed E-state index contributed by atoms with van der Waals surface area (Å²) in [4.78, 5) is 16.0. The number of fused-ring (bicyclic) bond motifs is 4. The summed E-state index contributed by atoms with van der Waals surface area (Å²) in [5, 5.41) is 6.18. The van der Waals surface area contributed by atoms with Crippen LogP contribution in [0, 0.1) is 0 Å². The molecule has 4 aromatic rings. The van der Waals surface area contributed by atoms with E-state index in [0.29, 0.717) is 41.9 Å². The van der Waals surface area contributed by atoms with Gasteiger partial charge in [-0.15, -0.1) is 0 Å². The summed E-state index contributed by atoms with van der Waals surface area (Å²) in [6.45, 7) is 0.